The van der Waals surface area contributed by atoms with Crippen molar-refractivity contribution in [2.24, 2.45) is 5.92 Å². The first-order chi connectivity index (χ1) is 11.5. The largest absolute Gasteiger partial charge is 0.347 e. The van der Waals surface area contributed by atoms with Crippen molar-refractivity contribution in [3.05, 3.63) is 34.6 Å². The van der Waals surface area contributed by atoms with Gasteiger partial charge in [-0.1, -0.05) is 17.7 Å². The van der Waals surface area contributed by atoms with Gasteiger partial charge in [0.2, 0.25) is 11.8 Å². The minimum Gasteiger partial charge on any atom is -0.347 e. The van der Waals surface area contributed by atoms with Gasteiger partial charge in [0.05, 0.1) is 6.54 Å². The van der Waals surface area contributed by atoms with Crippen molar-refractivity contribution in [3.8, 4) is 0 Å². The second kappa shape index (κ2) is 7.49. The molecule has 5 nitrogen and oxygen atoms in total. The van der Waals surface area contributed by atoms with Gasteiger partial charge in [-0.25, -0.2) is 4.39 Å². The summed E-state index contributed by atoms with van der Waals surface area (Å²) in [6.07, 6.45) is 1.87. The SMILES string of the molecule is O=C(NCC(=O)N1CCN(Cc2ccc(F)cc2Cl)CC1)C1CC1. The standard InChI is InChI=1S/C17H21ClFN3O2/c18-15-9-14(19)4-3-13(15)11-21-5-7-22(8-6-21)16(23)10-20-17(24)12-1-2-12/h3-4,9,12H,1-2,5-8,10-11H2,(H,20,24). The van der Waals surface area contributed by atoms with Crippen LogP contribution in [0.5, 0.6) is 0 Å². The van der Waals surface area contributed by atoms with Gasteiger partial charge in [-0.05, 0) is 30.5 Å². The van der Waals surface area contributed by atoms with E-state index in [-0.39, 0.29) is 30.1 Å². The molecule has 1 aliphatic carbocycles. The van der Waals surface area contributed by atoms with E-state index in [1.54, 1.807) is 11.0 Å². The molecule has 0 radical (unpaired) electrons. The van der Waals surface area contributed by atoms with E-state index in [2.05, 4.69) is 10.2 Å². The lowest BCUT2D eigenvalue weighted by molar-refractivity contribution is -0.134. The van der Waals surface area contributed by atoms with Crippen molar-refractivity contribution in [2.45, 2.75) is 19.4 Å². The summed E-state index contributed by atoms with van der Waals surface area (Å²) in [6.45, 7) is 3.43. The van der Waals surface area contributed by atoms with E-state index in [9.17, 15) is 14.0 Å². The number of nitrogens with one attached hydrogen (secondary N) is 1. The molecule has 1 aromatic rings. The van der Waals surface area contributed by atoms with Crippen LogP contribution < -0.4 is 5.32 Å². The van der Waals surface area contributed by atoms with Crippen molar-refractivity contribution >= 4 is 23.4 Å². The molecule has 3 rings (SSSR count). The average Bonchev–Trinajstić information content (AvgIpc) is 3.40. The summed E-state index contributed by atoms with van der Waals surface area (Å²) < 4.78 is 13.1. The number of hydrogen-bond donors (Lipinski definition) is 1. The van der Waals surface area contributed by atoms with Crippen molar-refractivity contribution < 1.29 is 14.0 Å². The van der Waals surface area contributed by atoms with E-state index in [0.29, 0.717) is 24.7 Å². The Morgan fingerprint density at radius 1 is 1.21 bits per heavy atom. The number of piperazine rings is 1. The van der Waals surface area contributed by atoms with E-state index in [1.807, 2.05) is 0 Å². The molecule has 1 saturated heterocycles. The van der Waals surface area contributed by atoms with Crippen LogP contribution >= 0.6 is 11.6 Å². The summed E-state index contributed by atoms with van der Waals surface area (Å²) in [7, 11) is 0. The lowest BCUT2D eigenvalue weighted by Crippen LogP contribution is -2.51. The highest BCUT2D eigenvalue weighted by atomic mass is 35.5. The van der Waals surface area contributed by atoms with Gasteiger partial charge in [-0.3, -0.25) is 14.5 Å². The number of amides is 2. The van der Waals surface area contributed by atoms with Gasteiger partial charge >= 0.3 is 0 Å². The summed E-state index contributed by atoms with van der Waals surface area (Å²) in [4.78, 5) is 27.7. The number of benzene rings is 1. The molecule has 24 heavy (non-hydrogen) atoms. The summed E-state index contributed by atoms with van der Waals surface area (Å²) >= 11 is 6.06. The van der Waals surface area contributed by atoms with E-state index < -0.39 is 0 Å². The van der Waals surface area contributed by atoms with Gasteiger partial charge in [0, 0.05) is 43.7 Å². The molecule has 2 amide bonds. The third kappa shape index (κ3) is 4.45. The third-order valence-corrected chi connectivity index (χ3v) is 4.85. The van der Waals surface area contributed by atoms with Gasteiger partial charge in [0.25, 0.3) is 0 Å². The first-order valence-corrected chi connectivity index (χ1v) is 8.62. The average molecular weight is 354 g/mol. The zero-order valence-electron chi connectivity index (χ0n) is 13.4. The highest BCUT2D eigenvalue weighted by Crippen LogP contribution is 2.28. The highest BCUT2D eigenvalue weighted by Gasteiger charge is 2.30. The Bertz CT molecular complexity index is 628. The molecule has 2 fully saturated rings. The van der Waals surface area contributed by atoms with Crippen LogP contribution in [0.2, 0.25) is 5.02 Å². The van der Waals surface area contributed by atoms with Crippen LogP contribution in [-0.2, 0) is 16.1 Å². The minimum absolute atomic E-state index is 0.00654. The molecule has 0 unspecified atom stereocenters. The van der Waals surface area contributed by atoms with E-state index >= 15 is 0 Å². The predicted octanol–water partition coefficient (Wildman–Crippen LogP) is 1.65. The molecule has 0 atom stereocenters. The van der Waals surface area contributed by atoms with Crippen LogP contribution in [-0.4, -0.2) is 54.3 Å². The molecule has 1 N–H and O–H groups in total. The van der Waals surface area contributed by atoms with Crippen LogP contribution in [0.25, 0.3) is 0 Å². The Kier molecular flexibility index (Phi) is 5.36. The van der Waals surface area contributed by atoms with Crippen molar-refractivity contribution in [1.29, 1.82) is 0 Å². The van der Waals surface area contributed by atoms with Crippen LogP contribution in [0.1, 0.15) is 18.4 Å². The second-order valence-electron chi connectivity index (χ2n) is 6.38. The summed E-state index contributed by atoms with van der Waals surface area (Å²) in [6, 6.07) is 4.42. The van der Waals surface area contributed by atoms with Crippen LogP contribution in [0.4, 0.5) is 4.39 Å². The second-order valence-corrected chi connectivity index (χ2v) is 6.79. The fourth-order valence-corrected chi connectivity index (χ4v) is 3.04. The molecule has 7 heteroatoms. The minimum atomic E-state index is -0.340. The van der Waals surface area contributed by atoms with Crippen LogP contribution in [0.15, 0.2) is 18.2 Å². The Labute approximate surface area is 145 Å². The van der Waals surface area contributed by atoms with E-state index in [0.717, 1.165) is 31.5 Å². The number of halogens is 2. The summed E-state index contributed by atoms with van der Waals surface area (Å²) in [5.41, 5.74) is 0.884. The van der Waals surface area contributed by atoms with Crippen molar-refractivity contribution in [3.63, 3.8) is 0 Å². The third-order valence-electron chi connectivity index (χ3n) is 4.50. The molecule has 1 heterocycles. The normalized spacial score (nSPS) is 18.5. The van der Waals surface area contributed by atoms with Gasteiger partial charge < -0.3 is 10.2 Å². The number of rotatable bonds is 5. The van der Waals surface area contributed by atoms with Crippen molar-refractivity contribution in [1.82, 2.24) is 15.1 Å². The number of carbonyl (C=O) groups is 2. The smallest absolute Gasteiger partial charge is 0.242 e. The van der Waals surface area contributed by atoms with Crippen LogP contribution in [0.3, 0.4) is 0 Å². The Morgan fingerprint density at radius 3 is 2.54 bits per heavy atom. The highest BCUT2D eigenvalue weighted by molar-refractivity contribution is 6.31. The van der Waals surface area contributed by atoms with Gasteiger partial charge in [-0.2, -0.15) is 0 Å². The number of nitrogens with zero attached hydrogens (tertiary/aromatic N) is 2. The van der Waals surface area contributed by atoms with Crippen LogP contribution in [0, 0.1) is 11.7 Å². The Morgan fingerprint density at radius 2 is 1.92 bits per heavy atom. The molecule has 1 saturated carbocycles. The van der Waals surface area contributed by atoms with Gasteiger partial charge in [0.1, 0.15) is 5.82 Å². The predicted molar refractivity (Wildman–Crippen MR) is 89.0 cm³/mol. The first kappa shape index (κ1) is 17.2. The fraction of sp³-hybridized carbons (Fsp3) is 0.529. The maximum Gasteiger partial charge on any atom is 0.242 e. The van der Waals surface area contributed by atoms with Gasteiger partial charge in [-0.15, -0.1) is 0 Å². The molecular weight excluding hydrogens is 333 g/mol. The Hall–Kier alpha value is -1.66. The van der Waals surface area contributed by atoms with Crippen molar-refractivity contribution in [2.75, 3.05) is 32.7 Å². The molecular formula is C17H21ClFN3O2. The molecule has 1 aromatic carbocycles. The Balaban J connectivity index is 1.43. The zero-order chi connectivity index (χ0) is 17.1. The molecule has 1 aliphatic heterocycles. The molecule has 0 spiro atoms. The molecule has 0 bridgehead atoms. The lowest BCUT2D eigenvalue weighted by atomic mass is 10.2. The fourth-order valence-electron chi connectivity index (χ4n) is 2.81. The molecule has 2 aliphatic rings. The summed E-state index contributed by atoms with van der Waals surface area (Å²) in [5.74, 6) is -0.265. The van der Waals surface area contributed by atoms with E-state index in [4.69, 9.17) is 11.6 Å². The number of hydrogen-bond acceptors (Lipinski definition) is 3. The molecule has 0 aromatic heterocycles. The topological polar surface area (TPSA) is 52.7 Å². The lowest BCUT2D eigenvalue weighted by Gasteiger charge is -2.35. The zero-order valence-corrected chi connectivity index (χ0v) is 14.2. The summed E-state index contributed by atoms with van der Waals surface area (Å²) in [5, 5.41) is 3.14. The molecule has 130 valence electrons. The number of carbonyl (C=O) groups excluding carboxylic acids is 2. The van der Waals surface area contributed by atoms with Gasteiger partial charge in [0.15, 0.2) is 0 Å². The van der Waals surface area contributed by atoms with E-state index in [1.165, 1.54) is 12.1 Å². The maximum atomic E-state index is 13.1. The maximum absolute atomic E-state index is 13.1. The first-order valence-electron chi connectivity index (χ1n) is 8.24. The monoisotopic (exact) mass is 353 g/mol. The quantitative estimate of drug-likeness (QED) is 0.875.